The van der Waals surface area contributed by atoms with Gasteiger partial charge in [0.25, 0.3) is 5.91 Å². The van der Waals surface area contributed by atoms with E-state index in [1.54, 1.807) is 19.9 Å². The van der Waals surface area contributed by atoms with Gasteiger partial charge in [-0.2, -0.15) is 0 Å². The highest BCUT2D eigenvalue weighted by Gasteiger charge is 2.14. The van der Waals surface area contributed by atoms with Gasteiger partial charge in [-0.1, -0.05) is 11.6 Å². The molecule has 1 aromatic carbocycles. The number of anilines is 1. The number of carbonyl (C=O) groups excluding carboxylic acids is 1. The zero-order valence-electron chi connectivity index (χ0n) is 10.4. The molecule has 0 bridgehead atoms. The highest BCUT2D eigenvalue weighted by molar-refractivity contribution is 6.31. The molecule has 19 heavy (non-hydrogen) atoms. The van der Waals surface area contributed by atoms with Gasteiger partial charge in [0.15, 0.2) is 0 Å². The van der Waals surface area contributed by atoms with Crippen molar-refractivity contribution < 1.29 is 9.18 Å². The molecule has 1 heterocycles. The number of halogens is 2. The van der Waals surface area contributed by atoms with E-state index in [1.165, 1.54) is 12.1 Å². The van der Waals surface area contributed by atoms with Gasteiger partial charge >= 0.3 is 0 Å². The van der Waals surface area contributed by atoms with Gasteiger partial charge in [-0.05, 0) is 38.1 Å². The van der Waals surface area contributed by atoms with Crippen molar-refractivity contribution in [1.82, 2.24) is 9.97 Å². The number of hydrogen-bond donors (Lipinski definition) is 1. The number of nitrogens with zero attached hydrogens (tertiary/aromatic N) is 2. The Hall–Kier alpha value is -2.01. The number of amides is 1. The summed E-state index contributed by atoms with van der Waals surface area (Å²) in [5.74, 6) is -1.14. The minimum atomic E-state index is -0.647. The molecule has 1 N–H and O–H groups in total. The summed E-state index contributed by atoms with van der Waals surface area (Å²) in [6.45, 7) is 3.56. The van der Waals surface area contributed by atoms with E-state index in [1.807, 2.05) is 0 Å². The number of aromatic nitrogens is 2. The second kappa shape index (κ2) is 5.32. The van der Waals surface area contributed by atoms with Gasteiger partial charge in [-0.25, -0.2) is 14.4 Å². The second-order valence-electron chi connectivity index (χ2n) is 4.05. The van der Waals surface area contributed by atoms with E-state index in [2.05, 4.69) is 15.3 Å². The lowest BCUT2D eigenvalue weighted by molar-refractivity contribution is 0.102. The van der Waals surface area contributed by atoms with Crippen LogP contribution in [0.3, 0.4) is 0 Å². The van der Waals surface area contributed by atoms with E-state index in [-0.39, 0.29) is 16.5 Å². The molecule has 0 radical (unpaired) electrons. The van der Waals surface area contributed by atoms with E-state index in [0.717, 1.165) is 17.5 Å². The Balaban J connectivity index is 2.28. The van der Waals surface area contributed by atoms with E-state index in [9.17, 15) is 9.18 Å². The van der Waals surface area contributed by atoms with Crippen molar-refractivity contribution in [1.29, 1.82) is 0 Å². The lowest BCUT2D eigenvalue weighted by Gasteiger charge is -2.06. The van der Waals surface area contributed by atoms with E-state index >= 15 is 0 Å². The molecule has 0 aliphatic carbocycles. The maximum absolute atomic E-state index is 13.5. The molecule has 0 aliphatic rings. The van der Waals surface area contributed by atoms with E-state index in [4.69, 9.17) is 11.6 Å². The number of benzene rings is 1. The molecule has 0 aliphatic heterocycles. The molecule has 2 aromatic rings. The smallest absolute Gasteiger partial charge is 0.261 e. The average molecular weight is 280 g/mol. The predicted molar refractivity (Wildman–Crippen MR) is 70.9 cm³/mol. The fourth-order valence-corrected chi connectivity index (χ4v) is 1.79. The van der Waals surface area contributed by atoms with Crippen molar-refractivity contribution in [3.05, 3.63) is 52.1 Å². The Morgan fingerprint density at radius 1 is 1.21 bits per heavy atom. The largest absolute Gasteiger partial charge is 0.290 e. The maximum Gasteiger partial charge on any atom is 0.261 e. The number of nitrogens with one attached hydrogen (secondary N) is 1. The standard InChI is InChI=1S/C13H11ClFN3O/c1-7-5-8(2)17-13(16-7)18-12(19)10-6-9(14)3-4-11(10)15/h3-6H,1-2H3,(H,16,17,18,19). The van der Waals surface area contributed by atoms with E-state index < -0.39 is 11.7 Å². The third-order valence-electron chi connectivity index (χ3n) is 2.38. The highest BCUT2D eigenvalue weighted by Crippen LogP contribution is 2.16. The molecule has 0 saturated carbocycles. The summed E-state index contributed by atoms with van der Waals surface area (Å²) >= 11 is 5.74. The predicted octanol–water partition coefficient (Wildman–Crippen LogP) is 3.14. The lowest BCUT2D eigenvalue weighted by Crippen LogP contribution is -2.16. The molecular formula is C13H11ClFN3O. The molecule has 0 atom stereocenters. The number of hydrogen-bond acceptors (Lipinski definition) is 3. The minimum Gasteiger partial charge on any atom is -0.290 e. The van der Waals surface area contributed by atoms with Crippen molar-refractivity contribution in [2.45, 2.75) is 13.8 Å². The average Bonchev–Trinajstić information content (AvgIpc) is 2.30. The van der Waals surface area contributed by atoms with Gasteiger partial charge in [0.05, 0.1) is 5.56 Å². The van der Waals surface area contributed by atoms with Crippen LogP contribution in [-0.4, -0.2) is 15.9 Å². The Morgan fingerprint density at radius 3 is 2.47 bits per heavy atom. The van der Waals surface area contributed by atoms with Crippen LogP contribution in [0.1, 0.15) is 21.7 Å². The Kier molecular flexibility index (Phi) is 3.76. The molecule has 6 heteroatoms. The summed E-state index contributed by atoms with van der Waals surface area (Å²) in [4.78, 5) is 20.0. The van der Waals surface area contributed by atoms with Crippen LogP contribution in [0.5, 0.6) is 0 Å². The molecule has 0 fully saturated rings. The zero-order valence-corrected chi connectivity index (χ0v) is 11.1. The molecule has 0 unspecified atom stereocenters. The number of carbonyl (C=O) groups is 1. The first-order chi connectivity index (χ1) is 8.95. The monoisotopic (exact) mass is 279 g/mol. The molecule has 0 spiro atoms. The first-order valence-corrected chi connectivity index (χ1v) is 5.92. The maximum atomic E-state index is 13.5. The normalized spacial score (nSPS) is 10.3. The molecule has 1 amide bonds. The summed E-state index contributed by atoms with van der Waals surface area (Å²) in [7, 11) is 0. The van der Waals surface area contributed by atoms with Crippen LogP contribution in [0, 0.1) is 19.7 Å². The quantitative estimate of drug-likeness (QED) is 0.919. The van der Waals surface area contributed by atoms with Gasteiger partial charge in [0.1, 0.15) is 5.82 Å². The second-order valence-corrected chi connectivity index (χ2v) is 4.49. The van der Waals surface area contributed by atoms with E-state index in [0.29, 0.717) is 0 Å². The summed E-state index contributed by atoms with van der Waals surface area (Å²) in [5.41, 5.74) is 1.29. The Labute approximate surface area is 114 Å². The number of aryl methyl sites for hydroxylation is 2. The summed E-state index contributed by atoms with van der Waals surface area (Å²) < 4.78 is 13.5. The zero-order chi connectivity index (χ0) is 14.0. The van der Waals surface area contributed by atoms with Gasteiger partial charge < -0.3 is 0 Å². The molecule has 98 valence electrons. The third-order valence-corrected chi connectivity index (χ3v) is 2.62. The molecule has 2 rings (SSSR count). The van der Waals surface area contributed by atoms with Crippen LogP contribution < -0.4 is 5.32 Å². The van der Waals surface area contributed by atoms with Gasteiger partial charge in [0.2, 0.25) is 5.95 Å². The molecule has 1 aromatic heterocycles. The first-order valence-electron chi connectivity index (χ1n) is 5.54. The SMILES string of the molecule is Cc1cc(C)nc(NC(=O)c2cc(Cl)ccc2F)n1. The number of rotatable bonds is 2. The van der Waals surface area contributed by atoms with Gasteiger partial charge in [-0.3, -0.25) is 10.1 Å². The van der Waals surface area contributed by atoms with Gasteiger partial charge in [0, 0.05) is 16.4 Å². The Morgan fingerprint density at radius 2 is 1.84 bits per heavy atom. The van der Waals surface area contributed by atoms with Crippen LogP contribution in [0.4, 0.5) is 10.3 Å². The fraction of sp³-hybridized carbons (Fsp3) is 0.154. The van der Waals surface area contributed by atoms with Crippen LogP contribution in [0.15, 0.2) is 24.3 Å². The van der Waals surface area contributed by atoms with Crippen molar-refractivity contribution >= 4 is 23.5 Å². The van der Waals surface area contributed by atoms with Crippen LogP contribution in [0.2, 0.25) is 5.02 Å². The summed E-state index contributed by atoms with van der Waals surface area (Å²) in [6, 6.07) is 5.55. The van der Waals surface area contributed by atoms with Crippen molar-refractivity contribution in [3.63, 3.8) is 0 Å². The minimum absolute atomic E-state index is 0.141. The summed E-state index contributed by atoms with van der Waals surface area (Å²) in [5, 5.41) is 2.73. The highest BCUT2D eigenvalue weighted by atomic mass is 35.5. The summed E-state index contributed by atoms with van der Waals surface area (Å²) in [6.07, 6.45) is 0. The lowest BCUT2D eigenvalue weighted by atomic mass is 10.2. The molecule has 4 nitrogen and oxygen atoms in total. The topological polar surface area (TPSA) is 54.9 Å². The van der Waals surface area contributed by atoms with Crippen molar-refractivity contribution in [2.75, 3.05) is 5.32 Å². The van der Waals surface area contributed by atoms with Crippen molar-refractivity contribution in [2.24, 2.45) is 0 Å². The van der Waals surface area contributed by atoms with Crippen LogP contribution in [0.25, 0.3) is 0 Å². The molecular weight excluding hydrogens is 269 g/mol. The van der Waals surface area contributed by atoms with Crippen LogP contribution >= 0.6 is 11.6 Å². The fourth-order valence-electron chi connectivity index (χ4n) is 1.62. The third kappa shape index (κ3) is 3.26. The Bertz CT molecular complexity index is 626. The first kappa shape index (κ1) is 13.4. The van der Waals surface area contributed by atoms with Crippen LogP contribution in [-0.2, 0) is 0 Å². The molecule has 0 saturated heterocycles. The van der Waals surface area contributed by atoms with Crippen molar-refractivity contribution in [3.8, 4) is 0 Å². The van der Waals surface area contributed by atoms with Gasteiger partial charge in [-0.15, -0.1) is 0 Å².